The van der Waals surface area contributed by atoms with E-state index in [9.17, 15) is 0 Å². The van der Waals surface area contributed by atoms with Gasteiger partial charge in [-0.1, -0.05) is 25.3 Å². The first-order valence-electron chi connectivity index (χ1n) is 6.14. The van der Waals surface area contributed by atoms with Crippen LogP contribution in [-0.4, -0.2) is 10.2 Å². The van der Waals surface area contributed by atoms with Gasteiger partial charge in [0.2, 0.25) is 0 Å². The number of rotatable bonds is 3. The Hall–Kier alpha value is -0.540. The minimum absolute atomic E-state index is 0.0831. The van der Waals surface area contributed by atoms with Gasteiger partial charge in [-0.05, 0) is 25.8 Å². The van der Waals surface area contributed by atoms with E-state index in [2.05, 4.69) is 11.1 Å². The van der Waals surface area contributed by atoms with Crippen LogP contribution in [0.4, 0.5) is 0 Å². The fraction of sp³-hybridized carbons (Fsp3) is 0.615. The Morgan fingerprint density at radius 2 is 2.12 bits per heavy atom. The average molecular weight is 236 g/mol. The molecule has 1 aromatic heterocycles. The zero-order chi connectivity index (χ0) is 11.4. The molecule has 0 bridgehead atoms. The lowest BCUT2D eigenvalue weighted by atomic mass is 10.0. The number of hydrogen-bond acceptors (Lipinski definition) is 3. The molecule has 2 rings (SSSR count). The van der Waals surface area contributed by atoms with E-state index in [0.717, 1.165) is 10.3 Å². The average Bonchev–Trinajstić information content (AvgIpc) is 2.31. The molecule has 0 amide bonds. The van der Waals surface area contributed by atoms with Gasteiger partial charge in [0.25, 0.3) is 0 Å². The molecule has 16 heavy (non-hydrogen) atoms. The Balaban J connectivity index is 2.07. The van der Waals surface area contributed by atoms with Crippen LogP contribution in [0, 0.1) is 0 Å². The number of thioether (sulfide) groups is 1. The van der Waals surface area contributed by atoms with Gasteiger partial charge in [0.15, 0.2) is 0 Å². The Kier molecular flexibility index (Phi) is 4.24. The van der Waals surface area contributed by atoms with Gasteiger partial charge in [0.05, 0.1) is 0 Å². The second-order valence-electron chi connectivity index (χ2n) is 4.56. The topological polar surface area (TPSA) is 38.9 Å². The zero-order valence-corrected chi connectivity index (χ0v) is 10.7. The monoisotopic (exact) mass is 236 g/mol. The Morgan fingerprint density at radius 3 is 2.81 bits per heavy atom. The van der Waals surface area contributed by atoms with E-state index in [4.69, 9.17) is 5.73 Å². The highest BCUT2D eigenvalue weighted by molar-refractivity contribution is 7.99. The maximum atomic E-state index is 5.97. The fourth-order valence-electron chi connectivity index (χ4n) is 2.19. The molecule has 1 heterocycles. The highest BCUT2D eigenvalue weighted by Crippen LogP contribution is 2.35. The highest BCUT2D eigenvalue weighted by atomic mass is 32.2. The maximum Gasteiger partial charge on any atom is 0.101 e. The number of nitrogens with two attached hydrogens (primary N) is 1. The van der Waals surface area contributed by atoms with Gasteiger partial charge in [-0.15, -0.1) is 11.8 Å². The van der Waals surface area contributed by atoms with E-state index < -0.39 is 0 Å². The van der Waals surface area contributed by atoms with E-state index in [0.29, 0.717) is 0 Å². The molecule has 1 saturated carbocycles. The maximum absolute atomic E-state index is 5.97. The lowest BCUT2D eigenvalue weighted by Gasteiger charge is -2.22. The number of hydrogen-bond donors (Lipinski definition) is 1. The van der Waals surface area contributed by atoms with Gasteiger partial charge in [-0.3, -0.25) is 0 Å². The first-order chi connectivity index (χ1) is 7.77. The van der Waals surface area contributed by atoms with Crippen molar-refractivity contribution in [1.82, 2.24) is 4.98 Å². The Labute approximate surface area is 102 Å². The zero-order valence-electron chi connectivity index (χ0n) is 9.86. The summed E-state index contributed by atoms with van der Waals surface area (Å²) in [7, 11) is 0. The summed E-state index contributed by atoms with van der Waals surface area (Å²) in [6.07, 6.45) is 8.69. The van der Waals surface area contributed by atoms with Crippen molar-refractivity contribution in [1.29, 1.82) is 0 Å². The lowest BCUT2D eigenvalue weighted by Crippen LogP contribution is -2.11. The van der Waals surface area contributed by atoms with Crippen LogP contribution in [-0.2, 0) is 0 Å². The molecular formula is C13H20N2S. The van der Waals surface area contributed by atoms with E-state index in [-0.39, 0.29) is 6.04 Å². The SMILES string of the molecule is C[C@H](N)c1cccnc1SC1CCCCC1. The third-order valence-electron chi connectivity index (χ3n) is 3.12. The summed E-state index contributed by atoms with van der Waals surface area (Å²) < 4.78 is 0. The van der Waals surface area contributed by atoms with Crippen molar-refractivity contribution in [2.45, 2.75) is 55.3 Å². The molecule has 88 valence electrons. The summed E-state index contributed by atoms with van der Waals surface area (Å²) in [6.45, 7) is 2.03. The molecule has 1 fully saturated rings. The largest absolute Gasteiger partial charge is 0.324 e. The van der Waals surface area contributed by atoms with Crippen LogP contribution in [0.15, 0.2) is 23.4 Å². The molecule has 0 spiro atoms. The third kappa shape index (κ3) is 2.98. The molecule has 0 aliphatic heterocycles. The van der Waals surface area contributed by atoms with Crippen molar-refractivity contribution in [2.75, 3.05) is 0 Å². The van der Waals surface area contributed by atoms with Crippen LogP contribution < -0.4 is 5.73 Å². The van der Waals surface area contributed by atoms with E-state index in [1.165, 1.54) is 37.7 Å². The summed E-state index contributed by atoms with van der Waals surface area (Å²) in [6, 6.07) is 4.16. The second kappa shape index (κ2) is 5.69. The Morgan fingerprint density at radius 1 is 1.38 bits per heavy atom. The van der Waals surface area contributed by atoms with Crippen molar-refractivity contribution >= 4 is 11.8 Å². The summed E-state index contributed by atoms with van der Waals surface area (Å²) in [5.41, 5.74) is 7.16. The molecule has 1 aromatic rings. The highest BCUT2D eigenvalue weighted by Gasteiger charge is 2.17. The third-order valence-corrected chi connectivity index (χ3v) is 4.49. The molecule has 1 aliphatic rings. The minimum atomic E-state index is 0.0831. The fourth-order valence-corrected chi connectivity index (χ4v) is 3.59. The predicted octanol–water partition coefficient (Wildman–Crippen LogP) is 3.53. The predicted molar refractivity (Wildman–Crippen MR) is 69.6 cm³/mol. The molecule has 0 saturated heterocycles. The van der Waals surface area contributed by atoms with Gasteiger partial charge >= 0.3 is 0 Å². The Bertz CT molecular complexity index is 332. The van der Waals surface area contributed by atoms with E-state index in [1.54, 1.807) is 0 Å². The molecule has 0 unspecified atom stereocenters. The summed E-state index contributed by atoms with van der Waals surface area (Å²) in [4.78, 5) is 4.48. The van der Waals surface area contributed by atoms with Crippen molar-refractivity contribution in [3.05, 3.63) is 23.9 Å². The van der Waals surface area contributed by atoms with Crippen LogP contribution in [0.5, 0.6) is 0 Å². The van der Waals surface area contributed by atoms with Gasteiger partial charge in [0, 0.05) is 23.1 Å². The molecule has 2 N–H and O–H groups in total. The molecule has 0 radical (unpaired) electrons. The molecule has 1 atom stereocenters. The first-order valence-corrected chi connectivity index (χ1v) is 7.02. The van der Waals surface area contributed by atoms with Crippen LogP contribution in [0.2, 0.25) is 0 Å². The smallest absolute Gasteiger partial charge is 0.101 e. The summed E-state index contributed by atoms with van der Waals surface area (Å²) in [5, 5.41) is 1.89. The minimum Gasteiger partial charge on any atom is -0.324 e. The van der Waals surface area contributed by atoms with E-state index >= 15 is 0 Å². The van der Waals surface area contributed by atoms with Crippen LogP contribution in [0.1, 0.15) is 50.6 Å². The van der Waals surface area contributed by atoms with Crippen LogP contribution in [0.25, 0.3) is 0 Å². The standard InChI is InChI=1S/C13H20N2S/c1-10(14)12-8-5-9-15-13(12)16-11-6-3-2-4-7-11/h5,8-11H,2-4,6-7,14H2,1H3/t10-/m0/s1. The summed E-state index contributed by atoms with van der Waals surface area (Å²) in [5.74, 6) is 0. The van der Waals surface area contributed by atoms with Gasteiger partial charge in [-0.2, -0.15) is 0 Å². The second-order valence-corrected chi connectivity index (χ2v) is 5.85. The normalized spacial score (nSPS) is 19.6. The molecular weight excluding hydrogens is 216 g/mol. The van der Waals surface area contributed by atoms with Crippen LogP contribution >= 0.6 is 11.8 Å². The van der Waals surface area contributed by atoms with Gasteiger partial charge < -0.3 is 5.73 Å². The lowest BCUT2D eigenvalue weighted by molar-refractivity contribution is 0.515. The molecule has 3 heteroatoms. The number of pyridine rings is 1. The quantitative estimate of drug-likeness (QED) is 0.872. The summed E-state index contributed by atoms with van der Waals surface area (Å²) >= 11 is 1.93. The number of aromatic nitrogens is 1. The first kappa shape index (κ1) is 11.9. The van der Waals surface area contributed by atoms with Crippen LogP contribution in [0.3, 0.4) is 0 Å². The molecule has 1 aliphatic carbocycles. The molecule has 2 nitrogen and oxygen atoms in total. The van der Waals surface area contributed by atoms with Crippen molar-refractivity contribution < 1.29 is 0 Å². The van der Waals surface area contributed by atoms with Crippen molar-refractivity contribution in [3.63, 3.8) is 0 Å². The van der Waals surface area contributed by atoms with Crippen molar-refractivity contribution in [2.24, 2.45) is 5.73 Å². The number of nitrogens with zero attached hydrogens (tertiary/aromatic N) is 1. The molecule has 0 aromatic carbocycles. The van der Waals surface area contributed by atoms with Gasteiger partial charge in [0.1, 0.15) is 5.03 Å². The van der Waals surface area contributed by atoms with E-state index in [1.807, 2.05) is 30.9 Å². The van der Waals surface area contributed by atoms with Crippen molar-refractivity contribution in [3.8, 4) is 0 Å². The van der Waals surface area contributed by atoms with Gasteiger partial charge in [-0.25, -0.2) is 4.98 Å².